The molecule has 11 heteroatoms. The van der Waals surface area contributed by atoms with Crippen LogP contribution in [0.4, 0.5) is 5.13 Å². The molecule has 0 aliphatic carbocycles. The number of hydroxylamine groups is 1. The van der Waals surface area contributed by atoms with Gasteiger partial charge in [-0.05, 0) is 48.4 Å². The third kappa shape index (κ3) is 5.32. The quantitative estimate of drug-likeness (QED) is 0.262. The molecule has 1 aliphatic heterocycles. The van der Waals surface area contributed by atoms with Gasteiger partial charge in [-0.15, -0.1) is 11.3 Å². The van der Waals surface area contributed by atoms with Crippen LogP contribution in [-0.4, -0.2) is 29.8 Å². The van der Waals surface area contributed by atoms with Crippen LogP contribution in [-0.2, 0) is 4.84 Å². The molecule has 0 fully saturated rings. The molecule has 0 atom stereocenters. The Bertz CT molecular complexity index is 1250. The molecule has 3 heterocycles. The Morgan fingerprint density at radius 1 is 1.36 bits per heavy atom. The van der Waals surface area contributed by atoms with Crippen molar-refractivity contribution in [2.75, 3.05) is 18.3 Å². The minimum Gasteiger partial charge on any atom is -0.454 e. The molecule has 0 saturated carbocycles. The van der Waals surface area contributed by atoms with E-state index in [1.165, 1.54) is 29.5 Å². The predicted molar refractivity (Wildman–Crippen MR) is 130 cm³/mol. The zero-order valence-corrected chi connectivity index (χ0v) is 19.1. The van der Waals surface area contributed by atoms with Crippen molar-refractivity contribution >= 4 is 45.9 Å². The highest BCUT2D eigenvalue weighted by atomic mass is 32.2. The van der Waals surface area contributed by atoms with Gasteiger partial charge >= 0.3 is 0 Å². The average molecular weight is 478 g/mol. The normalized spacial score (nSPS) is 13.0. The second kappa shape index (κ2) is 10.6. The second-order valence-corrected chi connectivity index (χ2v) is 8.31. The Kier molecular flexibility index (Phi) is 7.21. The van der Waals surface area contributed by atoms with E-state index in [-0.39, 0.29) is 0 Å². The van der Waals surface area contributed by atoms with E-state index in [2.05, 4.69) is 26.6 Å². The highest BCUT2D eigenvalue weighted by Gasteiger charge is 2.17. The number of nitrogens with one attached hydrogen (secondary N) is 4. The van der Waals surface area contributed by atoms with Crippen LogP contribution in [0, 0.1) is 16.7 Å². The Morgan fingerprint density at radius 3 is 2.94 bits per heavy atom. The van der Waals surface area contributed by atoms with Gasteiger partial charge in [0.1, 0.15) is 23.8 Å². The van der Waals surface area contributed by atoms with Crippen LogP contribution in [0.1, 0.15) is 17.0 Å². The van der Waals surface area contributed by atoms with E-state index < -0.39 is 0 Å². The number of hydrogen-bond donors (Lipinski definition) is 4. The first-order valence-electron chi connectivity index (χ1n) is 9.74. The van der Waals surface area contributed by atoms with Crippen LogP contribution in [0.25, 0.3) is 11.3 Å². The lowest BCUT2D eigenvalue weighted by atomic mass is 10.1. The van der Waals surface area contributed by atoms with Crippen LogP contribution in [0.15, 0.2) is 59.1 Å². The van der Waals surface area contributed by atoms with Crippen molar-refractivity contribution in [3.8, 4) is 17.6 Å². The van der Waals surface area contributed by atoms with Crippen molar-refractivity contribution < 1.29 is 9.57 Å². The van der Waals surface area contributed by atoms with Crippen molar-refractivity contribution in [1.82, 2.24) is 20.8 Å². The maximum absolute atomic E-state index is 9.70. The number of nitriles is 1. The molecule has 2 aromatic heterocycles. The standard InChI is InChI=1S/C22H19N7O2S2/c1-25-18(6-7-23)21-20(5-3-17(28-21)15-12-27-30-13-15)31-19-4-2-16(10-14(19)11-24)33-29-22-26-8-9-32-22/h2-10,13,23,25,27H,12H2,1H3,(H,26,29)/b18-6-,23-7?. The number of pyridine rings is 1. The summed E-state index contributed by atoms with van der Waals surface area (Å²) in [5.74, 6) is 0.855. The summed E-state index contributed by atoms with van der Waals surface area (Å²) in [6.07, 6.45) is 6.09. The molecule has 4 N–H and O–H groups in total. The van der Waals surface area contributed by atoms with Gasteiger partial charge in [-0.2, -0.15) is 10.7 Å². The Labute approximate surface area is 198 Å². The number of anilines is 1. The van der Waals surface area contributed by atoms with Crippen molar-refractivity contribution in [3.63, 3.8) is 0 Å². The average Bonchev–Trinajstić information content (AvgIpc) is 3.57. The van der Waals surface area contributed by atoms with Gasteiger partial charge in [0.05, 0.1) is 23.5 Å². The SMILES string of the molecule is CN/C(=C\C=N)c1nc(C2=CONC2)ccc1Oc1ccc(SNc2nccs2)cc1C#N. The lowest BCUT2D eigenvalue weighted by molar-refractivity contribution is 0.168. The number of benzene rings is 1. The molecule has 0 spiro atoms. The number of nitrogens with zero attached hydrogens (tertiary/aromatic N) is 3. The lowest BCUT2D eigenvalue weighted by Gasteiger charge is -2.15. The van der Waals surface area contributed by atoms with E-state index in [9.17, 15) is 5.26 Å². The first-order valence-corrected chi connectivity index (χ1v) is 11.4. The van der Waals surface area contributed by atoms with Gasteiger partial charge in [0, 0.05) is 35.3 Å². The molecule has 33 heavy (non-hydrogen) atoms. The Balaban J connectivity index is 1.63. The van der Waals surface area contributed by atoms with Crippen molar-refractivity contribution in [2.45, 2.75) is 4.90 Å². The monoisotopic (exact) mass is 477 g/mol. The van der Waals surface area contributed by atoms with Crippen molar-refractivity contribution in [3.05, 3.63) is 71.2 Å². The van der Waals surface area contributed by atoms with Crippen LogP contribution in [0.3, 0.4) is 0 Å². The maximum Gasteiger partial charge on any atom is 0.192 e. The first kappa shape index (κ1) is 22.3. The molecule has 0 unspecified atom stereocenters. The van der Waals surface area contributed by atoms with E-state index in [1.54, 1.807) is 43.8 Å². The number of allylic oxidation sites excluding steroid dienone is 1. The zero-order valence-electron chi connectivity index (χ0n) is 17.5. The minimum absolute atomic E-state index is 0.383. The molecule has 0 radical (unpaired) electrons. The van der Waals surface area contributed by atoms with Gasteiger partial charge in [-0.25, -0.2) is 9.97 Å². The smallest absolute Gasteiger partial charge is 0.192 e. The molecular formula is C22H19N7O2S2. The largest absolute Gasteiger partial charge is 0.454 e. The van der Waals surface area contributed by atoms with Gasteiger partial charge in [0.2, 0.25) is 0 Å². The molecule has 3 aromatic rings. The summed E-state index contributed by atoms with van der Waals surface area (Å²) in [5, 5.41) is 22.9. The van der Waals surface area contributed by atoms with Crippen molar-refractivity contribution in [1.29, 1.82) is 10.7 Å². The van der Waals surface area contributed by atoms with Gasteiger partial charge in [0.25, 0.3) is 0 Å². The summed E-state index contributed by atoms with van der Waals surface area (Å²) in [6, 6.07) is 11.2. The molecule has 166 valence electrons. The highest BCUT2D eigenvalue weighted by Crippen LogP contribution is 2.34. The molecule has 1 aromatic carbocycles. The summed E-state index contributed by atoms with van der Waals surface area (Å²) in [4.78, 5) is 14.9. The highest BCUT2D eigenvalue weighted by molar-refractivity contribution is 8.00. The van der Waals surface area contributed by atoms with E-state index in [4.69, 9.17) is 20.0 Å². The minimum atomic E-state index is 0.383. The third-order valence-electron chi connectivity index (χ3n) is 4.49. The van der Waals surface area contributed by atoms with E-state index in [1.807, 2.05) is 17.5 Å². The molecule has 1 aliphatic rings. The van der Waals surface area contributed by atoms with Crippen LogP contribution in [0.2, 0.25) is 0 Å². The Morgan fingerprint density at radius 2 is 2.24 bits per heavy atom. The summed E-state index contributed by atoms with van der Waals surface area (Å²) in [5.41, 5.74) is 5.88. The third-order valence-corrected chi connectivity index (χ3v) is 6.09. The molecular weight excluding hydrogens is 458 g/mol. The number of thiazole rings is 1. The number of ether oxygens (including phenoxy) is 1. The molecule has 4 rings (SSSR count). The number of hydrogen-bond acceptors (Lipinski definition) is 11. The number of rotatable bonds is 9. The van der Waals surface area contributed by atoms with Gasteiger partial charge in [0.15, 0.2) is 10.9 Å². The molecule has 9 nitrogen and oxygen atoms in total. The van der Waals surface area contributed by atoms with Gasteiger partial charge in [-0.3, -0.25) is 0 Å². The van der Waals surface area contributed by atoms with Crippen LogP contribution >= 0.6 is 23.3 Å². The van der Waals surface area contributed by atoms with E-state index in [0.717, 1.165) is 15.6 Å². The summed E-state index contributed by atoms with van der Waals surface area (Å²) in [6.45, 7) is 0.530. The summed E-state index contributed by atoms with van der Waals surface area (Å²) in [7, 11) is 1.75. The maximum atomic E-state index is 9.70. The summed E-state index contributed by atoms with van der Waals surface area (Å²) >= 11 is 2.86. The van der Waals surface area contributed by atoms with Crippen molar-refractivity contribution in [2.24, 2.45) is 0 Å². The second-order valence-electron chi connectivity index (χ2n) is 6.54. The van der Waals surface area contributed by atoms with Crippen LogP contribution < -0.4 is 20.3 Å². The molecule has 0 amide bonds. The Hall–Kier alpha value is -3.85. The zero-order chi connectivity index (χ0) is 23.0. The van der Waals surface area contributed by atoms with Gasteiger partial charge in [-0.1, -0.05) is 0 Å². The first-order chi connectivity index (χ1) is 16.2. The summed E-state index contributed by atoms with van der Waals surface area (Å²) < 4.78 is 9.28. The fourth-order valence-electron chi connectivity index (χ4n) is 2.93. The molecule has 0 bridgehead atoms. The predicted octanol–water partition coefficient (Wildman–Crippen LogP) is 4.41. The fourth-order valence-corrected chi connectivity index (χ4v) is 4.19. The lowest BCUT2D eigenvalue weighted by Crippen LogP contribution is -2.11. The van der Waals surface area contributed by atoms with E-state index >= 15 is 0 Å². The van der Waals surface area contributed by atoms with E-state index in [0.29, 0.717) is 40.7 Å². The fraction of sp³-hybridized carbons (Fsp3) is 0.0909. The number of aromatic nitrogens is 2. The van der Waals surface area contributed by atoms with Crippen LogP contribution in [0.5, 0.6) is 11.5 Å². The van der Waals surface area contributed by atoms with Gasteiger partial charge < -0.3 is 25.0 Å². The molecule has 0 saturated heterocycles. The topological polar surface area (TPSA) is 128 Å².